The van der Waals surface area contributed by atoms with Crippen LogP contribution < -0.4 is 10.6 Å². The van der Waals surface area contributed by atoms with E-state index in [-0.39, 0.29) is 24.4 Å². The summed E-state index contributed by atoms with van der Waals surface area (Å²) in [5.74, 6) is 1.70. The van der Waals surface area contributed by atoms with Gasteiger partial charge >= 0.3 is 0 Å². The molecule has 1 saturated heterocycles. The molecule has 6 nitrogen and oxygen atoms in total. The normalized spacial score (nSPS) is 19.1. The number of benzene rings is 1. The van der Waals surface area contributed by atoms with Gasteiger partial charge in [-0.2, -0.15) is 5.10 Å². The SMILES string of the molecule is Cc1ccc(-c2nn(-c3ccccc3)cc2C(=O)NC2CNCCC2C)o1.Cl. The fourth-order valence-corrected chi connectivity index (χ4v) is 3.43. The first-order chi connectivity index (χ1) is 13.1. The van der Waals surface area contributed by atoms with Gasteiger partial charge in [-0.05, 0) is 50.1 Å². The second-order valence-electron chi connectivity index (χ2n) is 7.13. The summed E-state index contributed by atoms with van der Waals surface area (Å²) >= 11 is 0. The van der Waals surface area contributed by atoms with Gasteiger partial charge in [-0.15, -0.1) is 12.4 Å². The van der Waals surface area contributed by atoms with Crippen LogP contribution in [-0.2, 0) is 0 Å². The third-order valence-electron chi connectivity index (χ3n) is 5.10. The topological polar surface area (TPSA) is 72.1 Å². The van der Waals surface area contributed by atoms with Crippen molar-refractivity contribution in [1.29, 1.82) is 0 Å². The molecule has 2 N–H and O–H groups in total. The zero-order valence-corrected chi connectivity index (χ0v) is 16.8. The van der Waals surface area contributed by atoms with E-state index in [9.17, 15) is 4.79 Å². The molecule has 2 aromatic heterocycles. The number of aryl methyl sites for hydroxylation is 1. The lowest BCUT2D eigenvalue weighted by Gasteiger charge is -2.30. The van der Waals surface area contributed by atoms with Crippen molar-refractivity contribution in [2.24, 2.45) is 5.92 Å². The van der Waals surface area contributed by atoms with Crippen molar-refractivity contribution in [3.63, 3.8) is 0 Å². The van der Waals surface area contributed by atoms with E-state index in [4.69, 9.17) is 4.42 Å². The molecule has 0 bridgehead atoms. The number of carbonyl (C=O) groups is 1. The second-order valence-corrected chi connectivity index (χ2v) is 7.13. The van der Waals surface area contributed by atoms with E-state index in [1.165, 1.54) is 0 Å². The predicted octanol–water partition coefficient (Wildman–Crippen LogP) is 3.59. The lowest BCUT2D eigenvalue weighted by molar-refractivity contribution is 0.0915. The van der Waals surface area contributed by atoms with Crippen molar-refractivity contribution < 1.29 is 9.21 Å². The van der Waals surface area contributed by atoms with Crippen LogP contribution in [0.1, 0.15) is 29.5 Å². The molecule has 1 fully saturated rings. The fraction of sp³-hybridized carbons (Fsp3) is 0.333. The van der Waals surface area contributed by atoms with E-state index in [0.717, 1.165) is 31.0 Å². The summed E-state index contributed by atoms with van der Waals surface area (Å²) in [5.41, 5.74) is 1.97. The first-order valence-electron chi connectivity index (χ1n) is 9.35. The molecule has 28 heavy (non-hydrogen) atoms. The van der Waals surface area contributed by atoms with Gasteiger partial charge in [-0.3, -0.25) is 4.79 Å². The van der Waals surface area contributed by atoms with Crippen molar-refractivity contribution >= 4 is 18.3 Å². The lowest BCUT2D eigenvalue weighted by atomic mass is 9.94. The molecular formula is C21H25ClN4O2. The monoisotopic (exact) mass is 400 g/mol. The number of halogens is 1. The van der Waals surface area contributed by atoms with Crippen molar-refractivity contribution in [3.8, 4) is 17.1 Å². The van der Waals surface area contributed by atoms with Crippen LogP contribution >= 0.6 is 12.4 Å². The van der Waals surface area contributed by atoms with Crippen LogP contribution in [0.25, 0.3) is 17.1 Å². The number of nitrogens with one attached hydrogen (secondary N) is 2. The Labute approximate surface area is 170 Å². The molecule has 2 unspecified atom stereocenters. The van der Waals surface area contributed by atoms with Crippen LogP contribution in [0, 0.1) is 12.8 Å². The van der Waals surface area contributed by atoms with Gasteiger partial charge in [0.2, 0.25) is 0 Å². The van der Waals surface area contributed by atoms with E-state index in [1.807, 2.05) is 49.4 Å². The van der Waals surface area contributed by atoms with E-state index < -0.39 is 0 Å². The smallest absolute Gasteiger partial charge is 0.255 e. The van der Waals surface area contributed by atoms with Gasteiger partial charge in [0.05, 0.1) is 11.3 Å². The van der Waals surface area contributed by atoms with Crippen LogP contribution in [0.4, 0.5) is 0 Å². The fourth-order valence-electron chi connectivity index (χ4n) is 3.43. The number of hydrogen-bond donors (Lipinski definition) is 2. The molecular weight excluding hydrogens is 376 g/mol. The quantitative estimate of drug-likeness (QED) is 0.702. The molecule has 0 spiro atoms. The lowest BCUT2D eigenvalue weighted by Crippen LogP contribution is -2.50. The molecule has 0 radical (unpaired) electrons. The average molecular weight is 401 g/mol. The summed E-state index contributed by atoms with van der Waals surface area (Å²) in [4.78, 5) is 13.1. The summed E-state index contributed by atoms with van der Waals surface area (Å²) < 4.78 is 7.48. The van der Waals surface area contributed by atoms with Gasteiger partial charge in [0.25, 0.3) is 5.91 Å². The molecule has 1 amide bonds. The van der Waals surface area contributed by atoms with Crippen LogP contribution in [0.2, 0.25) is 0 Å². The second kappa shape index (κ2) is 8.63. The van der Waals surface area contributed by atoms with Gasteiger partial charge in [0.1, 0.15) is 11.5 Å². The minimum absolute atomic E-state index is 0. The van der Waals surface area contributed by atoms with Crippen molar-refractivity contribution in [3.05, 3.63) is 60.0 Å². The molecule has 2 atom stereocenters. The number of aromatic nitrogens is 2. The van der Waals surface area contributed by atoms with Crippen molar-refractivity contribution in [1.82, 2.24) is 20.4 Å². The first-order valence-corrected chi connectivity index (χ1v) is 9.35. The molecule has 1 aliphatic heterocycles. The maximum atomic E-state index is 13.1. The Hall–Kier alpha value is -2.57. The minimum atomic E-state index is -0.123. The van der Waals surface area contributed by atoms with Crippen molar-refractivity contribution in [2.45, 2.75) is 26.3 Å². The van der Waals surface area contributed by atoms with E-state index in [1.54, 1.807) is 10.9 Å². The Morgan fingerprint density at radius 1 is 1.25 bits per heavy atom. The highest BCUT2D eigenvalue weighted by Crippen LogP contribution is 2.26. The molecule has 3 heterocycles. The zero-order chi connectivity index (χ0) is 18.8. The Bertz CT molecular complexity index is 935. The van der Waals surface area contributed by atoms with Crippen LogP contribution in [0.5, 0.6) is 0 Å². The summed E-state index contributed by atoms with van der Waals surface area (Å²) in [6.45, 7) is 5.84. The number of amides is 1. The Morgan fingerprint density at radius 3 is 2.71 bits per heavy atom. The van der Waals surface area contributed by atoms with E-state index >= 15 is 0 Å². The summed E-state index contributed by atoms with van der Waals surface area (Å²) in [6, 6.07) is 13.6. The number of nitrogens with zero attached hydrogens (tertiary/aromatic N) is 2. The molecule has 1 aromatic carbocycles. The number of piperidine rings is 1. The molecule has 3 aromatic rings. The average Bonchev–Trinajstić information content (AvgIpc) is 3.31. The third kappa shape index (κ3) is 4.13. The van der Waals surface area contributed by atoms with Crippen LogP contribution in [-0.4, -0.2) is 34.8 Å². The molecule has 148 valence electrons. The Kier molecular flexibility index (Phi) is 6.21. The van der Waals surface area contributed by atoms with Gasteiger partial charge in [0, 0.05) is 18.8 Å². The maximum Gasteiger partial charge on any atom is 0.255 e. The molecule has 0 aliphatic carbocycles. The number of rotatable bonds is 4. The van der Waals surface area contributed by atoms with Gasteiger partial charge < -0.3 is 15.1 Å². The molecule has 7 heteroatoms. The van der Waals surface area contributed by atoms with Gasteiger partial charge in [-0.1, -0.05) is 25.1 Å². The number of para-hydroxylation sites is 1. The zero-order valence-electron chi connectivity index (χ0n) is 16.0. The number of hydrogen-bond acceptors (Lipinski definition) is 4. The van der Waals surface area contributed by atoms with Crippen LogP contribution in [0.15, 0.2) is 53.1 Å². The standard InChI is InChI=1S/C21H24N4O2.ClH/c1-14-10-11-22-12-18(14)23-21(26)17-13-25(16-6-4-3-5-7-16)24-20(17)19-9-8-15(2)27-19;/h3-9,13-14,18,22H,10-12H2,1-2H3,(H,23,26);1H. The molecule has 0 saturated carbocycles. The van der Waals surface area contributed by atoms with Crippen LogP contribution in [0.3, 0.4) is 0 Å². The molecule has 4 rings (SSSR count). The summed E-state index contributed by atoms with van der Waals surface area (Å²) in [7, 11) is 0. The Morgan fingerprint density at radius 2 is 2.04 bits per heavy atom. The van der Waals surface area contributed by atoms with Crippen molar-refractivity contribution in [2.75, 3.05) is 13.1 Å². The highest BCUT2D eigenvalue weighted by atomic mass is 35.5. The maximum absolute atomic E-state index is 13.1. The molecule has 1 aliphatic rings. The minimum Gasteiger partial charge on any atom is -0.460 e. The van der Waals surface area contributed by atoms with E-state index in [0.29, 0.717) is 22.9 Å². The predicted molar refractivity (Wildman–Crippen MR) is 111 cm³/mol. The van der Waals surface area contributed by atoms with Gasteiger partial charge in [-0.25, -0.2) is 4.68 Å². The largest absolute Gasteiger partial charge is 0.460 e. The van der Waals surface area contributed by atoms with Gasteiger partial charge in [0.15, 0.2) is 5.76 Å². The summed E-state index contributed by atoms with van der Waals surface area (Å²) in [6.07, 6.45) is 2.83. The number of carbonyl (C=O) groups excluding carboxylic acids is 1. The highest BCUT2D eigenvalue weighted by Gasteiger charge is 2.26. The van der Waals surface area contributed by atoms with E-state index in [2.05, 4.69) is 22.7 Å². The third-order valence-corrected chi connectivity index (χ3v) is 5.10. The Balaban J connectivity index is 0.00000225. The summed E-state index contributed by atoms with van der Waals surface area (Å²) in [5, 5.41) is 11.2. The first kappa shape index (κ1) is 20.2. The number of furan rings is 1. The highest BCUT2D eigenvalue weighted by molar-refractivity contribution is 5.99.